The van der Waals surface area contributed by atoms with Gasteiger partial charge >= 0.3 is 5.97 Å². The zero-order chi connectivity index (χ0) is 14.0. The third-order valence-corrected chi connectivity index (χ3v) is 3.16. The third kappa shape index (κ3) is 8.23. The summed E-state index contributed by atoms with van der Waals surface area (Å²) in [4.78, 5) is 22.3. The number of ether oxygens (including phenoxy) is 1. The molecule has 4 heteroatoms. The molecule has 106 valence electrons. The van der Waals surface area contributed by atoms with Crippen LogP contribution in [0.15, 0.2) is 0 Å². The Labute approximate surface area is 110 Å². The normalized spacial score (nSPS) is 14.0. The largest absolute Gasteiger partial charge is 0.469 e. The number of methoxy groups -OCH3 is 1. The standard InChI is InChI=1S/C14H27NO3/c1-4-5-6-9-14(15,11-12(2)16)10-7-8-13(17)18-3/h4-11,15H2,1-3H3/t14-/m1/s1. The molecule has 0 radical (unpaired) electrons. The van der Waals surface area contributed by atoms with E-state index in [0.29, 0.717) is 25.7 Å². The maximum atomic E-state index is 11.3. The van der Waals surface area contributed by atoms with Gasteiger partial charge in [-0.25, -0.2) is 0 Å². The molecule has 18 heavy (non-hydrogen) atoms. The van der Waals surface area contributed by atoms with Crippen molar-refractivity contribution in [1.82, 2.24) is 0 Å². The van der Waals surface area contributed by atoms with Crippen LogP contribution in [0, 0.1) is 0 Å². The minimum atomic E-state index is -0.449. The number of Topliss-reactive ketones (excluding diaryl/α,β-unsaturated/α-hetero) is 1. The van der Waals surface area contributed by atoms with Crippen molar-refractivity contribution < 1.29 is 14.3 Å². The van der Waals surface area contributed by atoms with Crippen LogP contribution in [0.5, 0.6) is 0 Å². The summed E-state index contributed by atoms with van der Waals surface area (Å²) >= 11 is 0. The fourth-order valence-corrected chi connectivity index (χ4v) is 2.21. The highest BCUT2D eigenvalue weighted by molar-refractivity contribution is 5.76. The fraction of sp³-hybridized carbons (Fsp3) is 0.857. The highest BCUT2D eigenvalue weighted by Gasteiger charge is 2.26. The minimum absolute atomic E-state index is 0.118. The quantitative estimate of drug-likeness (QED) is 0.482. The monoisotopic (exact) mass is 257 g/mol. The van der Waals surface area contributed by atoms with Crippen LogP contribution in [0.3, 0.4) is 0 Å². The predicted octanol–water partition coefficient (Wildman–Crippen LogP) is 2.59. The van der Waals surface area contributed by atoms with Crippen molar-refractivity contribution in [3.05, 3.63) is 0 Å². The highest BCUT2D eigenvalue weighted by Crippen LogP contribution is 2.23. The lowest BCUT2D eigenvalue weighted by Gasteiger charge is -2.28. The van der Waals surface area contributed by atoms with Crippen LogP contribution in [0.25, 0.3) is 0 Å². The zero-order valence-corrected chi connectivity index (χ0v) is 12.0. The lowest BCUT2D eigenvalue weighted by atomic mass is 9.83. The van der Waals surface area contributed by atoms with E-state index < -0.39 is 5.54 Å². The highest BCUT2D eigenvalue weighted by atomic mass is 16.5. The lowest BCUT2D eigenvalue weighted by Crippen LogP contribution is -2.41. The van der Waals surface area contributed by atoms with E-state index in [4.69, 9.17) is 5.73 Å². The van der Waals surface area contributed by atoms with Crippen molar-refractivity contribution in [2.45, 2.75) is 70.8 Å². The van der Waals surface area contributed by atoms with Crippen LogP contribution in [0.1, 0.15) is 65.2 Å². The number of ketones is 1. The van der Waals surface area contributed by atoms with Crippen LogP contribution in [0.2, 0.25) is 0 Å². The van der Waals surface area contributed by atoms with Crippen molar-refractivity contribution in [3.63, 3.8) is 0 Å². The Morgan fingerprint density at radius 3 is 2.28 bits per heavy atom. The molecule has 0 aliphatic carbocycles. The summed E-state index contributed by atoms with van der Waals surface area (Å²) in [6, 6.07) is 0. The first-order chi connectivity index (χ1) is 8.43. The molecule has 0 saturated carbocycles. The molecule has 0 aromatic carbocycles. The van der Waals surface area contributed by atoms with Crippen LogP contribution in [-0.4, -0.2) is 24.4 Å². The molecule has 2 N–H and O–H groups in total. The Bertz CT molecular complexity index is 266. The predicted molar refractivity (Wildman–Crippen MR) is 72.2 cm³/mol. The first-order valence-corrected chi connectivity index (χ1v) is 6.78. The van der Waals surface area contributed by atoms with Gasteiger partial charge in [-0.3, -0.25) is 9.59 Å². The molecule has 0 bridgehead atoms. The molecule has 1 atom stereocenters. The first-order valence-electron chi connectivity index (χ1n) is 6.78. The molecule has 0 spiro atoms. The second-order valence-corrected chi connectivity index (χ2v) is 5.13. The van der Waals surface area contributed by atoms with E-state index in [1.54, 1.807) is 6.92 Å². The van der Waals surface area contributed by atoms with E-state index in [9.17, 15) is 9.59 Å². The van der Waals surface area contributed by atoms with Crippen LogP contribution in [0.4, 0.5) is 0 Å². The van der Waals surface area contributed by atoms with Gasteiger partial charge in [-0.2, -0.15) is 0 Å². The van der Waals surface area contributed by atoms with Crippen molar-refractivity contribution in [2.75, 3.05) is 7.11 Å². The summed E-state index contributed by atoms with van der Waals surface area (Å²) in [5.74, 6) is -0.0965. The van der Waals surface area contributed by atoms with Gasteiger partial charge in [0.15, 0.2) is 0 Å². The molecule has 0 aromatic heterocycles. The molecule has 0 rings (SSSR count). The topological polar surface area (TPSA) is 69.4 Å². The van der Waals surface area contributed by atoms with Gasteiger partial charge in [-0.1, -0.05) is 26.2 Å². The Balaban J connectivity index is 4.19. The average Bonchev–Trinajstić information content (AvgIpc) is 2.28. The minimum Gasteiger partial charge on any atom is -0.469 e. The maximum absolute atomic E-state index is 11.3. The number of esters is 1. The summed E-state index contributed by atoms with van der Waals surface area (Å²) in [6.07, 6.45) is 6.32. The van der Waals surface area contributed by atoms with Gasteiger partial charge in [0.1, 0.15) is 5.78 Å². The van der Waals surface area contributed by atoms with Gasteiger partial charge in [-0.15, -0.1) is 0 Å². The van der Waals surface area contributed by atoms with E-state index in [0.717, 1.165) is 25.7 Å². The number of nitrogens with two attached hydrogens (primary N) is 1. The van der Waals surface area contributed by atoms with E-state index >= 15 is 0 Å². The van der Waals surface area contributed by atoms with Gasteiger partial charge in [0.05, 0.1) is 7.11 Å². The second kappa shape index (κ2) is 9.09. The van der Waals surface area contributed by atoms with Crippen LogP contribution >= 0.6 is 0 Å². The SMILES string of the molecule is CCCCC[C@@](N)(CCCC(=O)OC)CC(C)=O. The van der Waals surface area contributed by atoms with Gasteiger partial charge in [0, 0.05) is 18.4 Å². The molecule has 0 saturated heterocycles. The van der Waals surface area contributed by atoms with Gasteiger partial charge in [0.2, 0.25) is 0 Å². The number of hydrogen-bond donors (Lipinski definition) is 1. The molecule has 0 aliphatic heterocycles. The van der Waals surface area contributed by atoms with Crippen molar-refractivity contribution >= 4 is 11.8 Å². The van der Waals surface area contributed by atoms with Gasteiger partial charge in [-0.05, 0) is 26.2 Å². The number of hydrogen-bond acceptors (Lipinski definition) is 4. The molecule has 4 nitrogen and oxygen atoms in total. The molecule has 0 unspecified atom stereocenters. The second-order valence-electron chi connectivity index (χ2n) is 5.13. The van der Waals surface area contributed by atoms with Crippen molar-refractivity contribution in [1.29, 1.82) is 0 Å². The van der Waals surface area contributed by atoms with E-state index in [2.05, 4.69) is 11.7 Å². The molecule has 0 aromatic rings. The Hall–Kier alpha value is -0.900. The fourth-order valence-electron chi connectivity index (χ4n) is 2.21. The molecule has 0 fully saturated rings. The summed E-state index contributed by atoms with van der Waals surface area (Å²) in [7, 11) is 1.38. The molecule has 0 aliphatic rings. The van der Waals surface area contributed by atoms with Crippen LogP contribution < -0.4 is 5.73 Å². The van der Waals surface area contributed by atoms with Gasteiger partial charge < -0.3 is 10.5 Å². The Morgan fingerprint density at radius 2 is 1.78 bits per heavy atom. The van der Waals surface area contributed by atoms with E-state index in [1.165, 1.54) is 7.11 Å². The summed E-state index contributed by atoms with van der Waals surface area (Å²) in [5.41, 5.74) is 5.85. The number of rotatable bonds is 10. The van der Waals surface area contributed by atoms with Crippen LogP contribution in [-0.2, 0) is 14.3 Å². The van der Waals surface area contributed by atoms with E-state index in [-0.39, 0.29) is 11.8 Å². The molecule has 0 amide bonds. The van der Waals surface area contributed by atoms with E-state index in [1.807, 2.05) is 0 Å². The van der Waals surface area contributed by atoms with Gasteiger partial charge in [0.25, 0.3) is 0 Å². The molecular formula is C14H27NO3. The smallest absolute Gasteiger partial charge is 0.305 e. The summed E-state index contributed by atoms with van der Waals surface area (Å²) in [5, 5.41) is 0. The number of unbranched alkanes of at least 4 members (excludes halogenated alkanes) is 2. The lowest BCUT2D eigenvalue weighted by molar-refractivity contribution is -0.140. The zero-order valence-electron chi connectivity index (χ0n) is 12.0. The average molecular weight is 257 g/mol. The number of carbonyl (C=O) groups is 2. The number of carbonyl (C=O) groups excluding carboxylic acids is 2. The Kier molecular flexibility index (Phi) is 8.63. The molecule has 0 heterocycles. The van der Waals surface area contributed by atoms with Crippen molar-refractivity contribution in [2.24, 2.45) is 5.73 Å². The Morgan fingerprint density at radius 1 is 1.17 bits per heavy atom. The van der Waals surface area contributed by atoms with Crippen molar-refractivity contribution in [3.8, 4) is 0 Å². The maximum Gasteiger partial charge on any atom is 0.305 e. The molecular weight excluding hydrogens is 230 g/mol. The summed E-state index contributed by atoms with van der Waals surface area (Å²) < 4.78 is 4.60. The first kappa shape index (κ1) is 17.1. The third-order valence-electron chi connectivity index (χ3n) is 3.16. The summed E-state index contributed by atoms with van der Waals surface area (Å²) in [6.45, 7) is 3.71.